The molecule has 1 N–H and O–H groups in total. The van der Waals surface area contributed by atoms with Gasteiger partial charge in [0, 0.05) is 36.9 Å². The Hall–Kier alpha value is -0.870. The van der Waals surface area contributed by atoms with Crippen molar-refractivity contribution in [2.45, 2.75) is 39.3 Å². The van der Waals surface area contributed by atoms with E-state index in [-0.39, 0.29) is 0 Å². The maximum atomic E-state index is 5.51. The summed E-state index contributed by atoms with van der Waals surface area (Å²) in [4.78, 5) is 0. The largest absolute Gasteiger partial charge is 0.381 e. The Labute approximate surface area is 103 Å². The molecule has 4 nitrogen and oxygen atoms in total. The van der Waals surface area contributed by atoms with Crippen molar-refractivity contribution in [3.63, 3.8) is 0 Å². The molecule has 0 aliphatic carbocycles. The van der Waals surface area contributed by atoms with E-state index in [4.69, 9.17) is 4.74 Å². The van der Waals surface area contributed by atoms with Gasteiger partial charge in [0.1, 0.15) is 0 Å². The van der Waals surface area contributed by atoms with Crippen LogP contribution < -0.4 is 5.32 Å². The lowest BCUT2D eigenvalue weighted by atomic mass is 9.94. The van der Waals surface area contributed by atoms with Gasteiger partial charge in [0.25, 0.3) is 0 Å². The van der Waals surface area contributed by atoms with Crippen molar-refractivity contribution in [3.05, 3.63) is 18.0 Å². The standard InChI is InChI=1S/C13H23N3O/c1-3-6-14-13(11-5-7-17-10-11)12-8-15-16(4-2)9-12/h8-9,11,13-14H,3-7,10H2,1-2H3. The van der Waals surface area contributed by atoms with Crippen molar-refractivity contribution in [3.8, 4) is 0 Å². The molecule has 1 aromatic rings. The van der Waals surface area contributed by atoms with Crippen LogP contribution in [0.5, 0.6) is 0 Å². The fraction of sp³-hybridized carbons (Fsp3) is 0.769. The highest BCUT2D eigenvalue weighted by atomic mass is 16.5. The summed E-state index contributed by atoms with van der Waals surface area (Å²) in [5.41, 5.74) is 1.30. The van der Waals surface area contributed by atoms with Crippen molar-refractivity contribution < 1.29 is 4.74 Å². The molecule has 0 saturated carbocycles. The molecular weight excluding hydrogens is 214 g/mol. The van der Waals surface area contributed by atoms with Crippen molar-refractivity contribution in [2.24, 2.45) is 5.92 Å². The van der Waals surface area contributed by atoms with Gasteiger partial charge in [-0.15, -0.1) is 0 Å². The minimum atomic E-state index is 0.401. The van der Waals surface area contributed by atoms with E-state index in [1.807, 2.05) is 10.9 Å². The third-order valence-corrected chi connectivity index (χ3v) is 3.39. The van der Waals surface area contributed by atoms with E-state index >= 15 is 0 Å². The average Bonchev–Trinajstić information content (AvgIpc) is 3.00. The van der Waals surface area contributed by atoms with Crippen LogP contribution in [0.25, 0.3) is 0 Å². The summed E-state index contributed by atoms with van der Waals surface area (Å²) in [6.45, 7) is 8.07. The van der Waals surface area contributed by atoms with Crippen LogP contribution in [0.2, 0.25) is 0 Å². The van der Waals surface area contributed by atoms with E-state index in [1.54, 1.807) is 0 Å². The first kappa shape index (κ1) is 12.6. The molecule has 0 spiro atoms. The molecule has 1 saturated heterocycles. The second-order valence-electron chi connectivity index (χ2n) is 4.68. The molecule has 1 aromatic heterocycles. The molecule has 17 heavy (non-hydrogen) atoms. The number of hydrogen-bond donors (Lipinski definition) is 1. The summed E-state index contributed by atoms with van der Waals surface area (Å²) >= 11 is 0. The Bertz CT molecular complexity index is 331. The first-order valence-electron chi connectivity index (χ1n) is 6.68. The average molecular weight is 237 g/mol. The highest BCUT2D eigenvalue weighted by Crippen LogP contribution is 2.28. The second-order valence-corrected chi connectivity index (χ2v) is 4.68. The van der Waals surface area contributed by atoms with Crippen molar-refractivity contribution >= 4 is 0 Å². The Morgan fingerprint density at radius 2 is 2.47 bits per heavy atom. The monoisotopic (exact) mass is 237 g/mol. The van der Waals surface area contributed by atoms with Crippen LogP contribution >= 0.6 is 0 Å². The first-order valence-corrected chi connectivity index (χ1v) is 6.68. The quantitative estimate of drug-likeness (QED) is 0.822. The van der Waals surface area contributed by atoms with Crippen LogP contribution in [0, 0.1) is 5.92 Å². The highest BCUT2D eigenvalue weighted by molar-refractivity contribution is 5.12. The second kappa shape index (κ2) is 6.17. The predicted octanol–water partition coefficient (Wildman–Crippen LogP) is 1.98. The third kappa shape index (κ3) is 3.07. The van der Waals surface area contributed by atoms with Gasteiger partial charge in [0.15, 0.2) is 0 Å². The fourth-order valence-electron chi connectivity index (χ4n) is 2.39. The van der Waals surface area contributed by atoms with E-state index in [1.165, 1.54) is 5.56 Å². The van der Waals surface area contributed by atoms with Gasteiger partial charge in [-0.25, -0.2) is 0 Å². The van der Waals surface area contributed by atoms with Crippen molar-refractivity contribution in [2.75, 3.05) is 19.8 Å². The Kier molecular flexibility index (Phi) is 4.57. The van der Waals surface area contributed by atoms with Gasteiger partial charge in [0.05, 0.1) is 12.8 Å². The first-order chi connectivity index (χ1) is 8.35. The summed E-state index contributed by atoms with van der Waals surface area (Å²) < 4.78 is 7.50. The van der Waals surface area contributed by atoms with Crippen molar-refractivity contribution in [1.29, 1.82) is 0 Å². The van der Waals surface area contributed by atoms with Gasteiger partial charge >= 0.3 is 0 Å². The number of nitrogens with one attached hydrogen (secondary N) is 1. The highest BCUT2D eigenvalue weighted by Gasteiger charge is 2.27. The van der Waals surface area contributed by atoms with Crippen LogP contribution in [-0.4, -0.2) is 29.5 Å². The Balaban J connectivity index is 2.07. The SMILES string of the molecule is CCCNC(c1cnn(CC)c1)C1CCOC1. The topological polar surface area (TPSA) is 39.1 Å². The summed E-state index contributed by atoms with van der Waals surface area (Å²) in [6.07, 6.45) is 6.46. The lowest BCUT2D eigenvalue weighted by Gasteiger charge is -2.22. The van der Waals surface area contributed by atoms with E-state index in [9.17, 15) is 0 Å². The molecule has 0 radical (unpaired) electrons. The smallest absolute Gasteiger partial charge is 0.0537 e. The number of ether oxygens (including phenoxy) is 1. The molecule has 4 heteroatoms. The number of nitrogens with zero attached hydrogens (tertiary/aromatic N) is 2. The molecule has 2 unspecified atom stereocenters. The van der Waals surface area contributed by atoms with Gasteiger partial charge in [0.2, 0.25) is 0 Å². The van der Waals surface area contributed by atoms with E-state index < -0.39 is 0 Å². The summed E-state index contributed by atoms with van der Waals surface area (Å²) in [7, 11) is 0. The van der Waals surface area contributed by atoms with Gasteiger partial charge < -0.3 is 10.1 Å². The number of aryl methyl sites for hydroxylation is 1. The third-order valence-electron chi connectivity index (χ3n) is 3.39. The molecule has 96 valence electrons. The zero-order chi connectivity index (χ0) is 12.1. The maximum absolute atomic E-state index is 5.51. The molecule has 2 heterocycles. The van der Waals surface area contributed by atoms with Crippen LogP contribution in [0.3, 0.4) is 0 Å². The zero-order valence-corrected chi connectivity index (χ0v) is 10.9. The lowest BCUT2D eigenvalue weighted by Crippen LogP contribution is -2.29. The van der Waals surface area contributed by atoms with Gasteiger partial charge in [-0.05, 0) is 26.3 Å². The van der Waals surface area contributed by atoms with E-state index in [0.29, 0.717) is 12.0 Å². The molecule has 2 atom stereocenters. The molecule has 2 rings (SSSR count). The molecule has 0 bridgehead atoms. The number of rotatable bonds is 6. The van der Waals surface area contributed by atoms with E-state index in [0.717, 1.165) is 39.1 Å². The van der Waals surface area contributed by atoms with Gasteiger partial charge in [-0.1, -0.05) is 6.92 Å². The minimum Gasteiger partial charge on any atom is -0.381 e. The molecule has 1 aliphatic rings. The van der Waals surface area contributed by atoms with Crippen molar-refractivity contribution in [1.82, 2.24) is 15.1 Å². The van der Waals surface area contributed by atoms with Crippen LogP contribution in [0.15, 0.2) is 12.4 Å². The number of hydrogen-bond acceptors (Lipinski definition) is 3. The molecular formula is C13H23N3O. The molecule has 0 aromatic carbocycles. The Morgan fingerprint density at radius 1 is 1.59 bits per heavy atom. The normalized spacial score (nSPS) is 21.9. The maximum Gasteiger partial charge on any atom is 0.0537 e. The Morgan fingerprint density at radius 3 is 3.06 bits per heavy atom. The zero-order valence-electron chi connectivity index (χ0n) is 10.9. The molecule has 1 fully saturated rings. The predicted molar refractivity (Wildman–Crippen MR) is 67.9 cm³/mol. The van der Waals surface area contributed by atoms with Crippen LogP contribution in [0.4, 0.5) is 0 Å². The minimum absolute atomic E-state index is 0.401. The van der Waals surface area contributed by atoms with Gasteiger partial charge in [-0.2, -0.15) is 5.10 Å². The van der Waals surface area contributed by atoms with E-state index in [2.05, 4.69) is 30.5 Å². The summed E-state index contributed by atoms with van der Waals surface area (Å²) in [5, 5.41) is 8.00. The van der Waals surface area contributed by atoms with Gasteiger partial charge in [-0.3, -0.25) is 4.68 Å². The molecule has 0 amide bonds. The van der Waals surface area contributed by atoms with Crippen LogP contribution in [-0.2, 0) is 11.3 Å². The van der Waals surface area contributed by atoms with Crippen LogP contribution in [0.1, 0.15) is 38.3 Å². The lowest BCUT2D eigenvalue weighted by molar-refractivity contribution is 0.176. The fourth-order valence-corrected chi connectivity index (χ4v) is 2.39. The number of aromatic nitrogens is 2. The molecule has 1 aliphatic heterocycles. The summed E-state index contributed by atoms with van der Waals surface area (Å²) in [5.74, 6) is 0.594. The summed E-state index contributed by atoms with van der Waals surface area (Å²) in [6, 6.07) is 0.401.